The monoisotopic (exact) mass is 450 g/mol. The Morgan fingerprint density at radius 3 is 2.30 bits per heavy atom. The van der Waals surface area contributed by atoms with Gasteiger partial charge in [0.2, 0.25) is 0 Å². The zero-order valence-electron chi connectivity index (χ0n) is 19.5. The third-order valence-corrected chi connectivity index (χ3v) is 12.3. The Morgan fingerprint density at radius 2 is 1.83 bits per heavy atom. The zero-order valence-corrected chi connectivity index (χ0v) is 20.5. The minimum Gasteiger partial charge on any atom is -0.411 e. The summed E-state index contributed by atoms with van der Waals surface area (Å²) in [5.74, 6) is -0.0666. The van der Waals surface area contributed by atoms with E-state index in [1.165, 1.54) is 6.08 Å². The molecule has 30 heavy (non-hydrogen) atoms. The minimum absolute atomic E-state index is 0.0650. The third-order valence-electron chi connectivity index (χ3n) is 7.83. The van der Waals surface area contributed by atoms with Crippen LogP contribution in [0, 0.1) is 5.92 Å². The first-order chi connectivity index (χ1) is 13.6. The van der Waals surface area contributed by atoms with Crippen LogP contribution in [0.15, 0.2) is 11.6 Å². The molecule has 0 radical (unpaired) electrons. The third kappa shape index (κ3) is 4.40. The number of methoxy groups -OCH3 is 1. The number of allylic oxidation sites excluding steroid dienone is 1. The van der Waals surface area contributed by atoms with Crippen LogP contribution in [0.1, 0.15) is 53.9 Å². The molecule has 174 valence electrons. The van der Waals surface area contributed by atoms with Gasteiger partial charge in [-0.1, -0.05) is 26.8 Å². The van der Waals surface area contributed by atoms with Crippen LogP contribution in [0.25, 0.3) is 0 Å². The first-order valence-electron chi connectivity index (χ1n) is 10.8. The van der Waals surface area contributed by atoms with Gasteiger partial charge in [0.15, 0.2) is 8.32 Å². The first kappa shape index (κ1) is 24.2. The quantitative estimate of drug-likeness (QED) is 0.299. The molecule has 1 aliphatic carbocycles. The van der Waals surface area contributed by atoms with Crippen molar-refractivity contribution in [2.45, 2.75) is 108 Å². The van der Waals surface area contributed by atoms with E-state index in [4.69, 9.17) is 18.6 Å². The molecule has 1 spiro atoms. The summed E-state index contributed by atoms with van der Waals surface area (Å²) in [6, 6.07) is 0. The van der Waals surface area contributed by atoms with Gasteiger partial charge in [0.25, 0.3) is 0 Å². The van der Waals surface area contributed by atoms with Crippen molar-refractivity contribution in [3.63, 3.8) is 0 Å². The lowest BCUT2D eigenvalue weighted by molar-refractivity contribution is -0.111. The Kier molecular flexibility index (Phi) is 6.12. The van der Waals surface area contributed by atoms with E-state index in [2.05, 4.69) is 33.9 Å². The van der Waals surface area contributed by atoms with Crippen LogP contribution >= 0.6 is 0 Å². The topological polar surface area (TPSA) is 43.5 Å². The number of alkyl halides is 3. The van der Waals surface area contributed by atoms with Gasteiger partial charge in [0.05, 0.1) is 36.4 Å². The summed E-state index contributed by atoms with van der Waals surface area (Å²) in [5, 5.41) is 0.0778. The molecule has 8 heteroatoms. The van der Waals surface area contributed by atoms with E-state index in [1.54, 1.807) is 7.11 Å². The predicted octanol–water partition coefficient (Wildman–Crippen LogP) is 5.63. The summed E-state index contributed by atoms with van der Waals surface area (Å²) in [7, 11) is -0.319. The molecule has 2 saturated heterocycles. The van der Waals surface area contributed by atoms with Gasteiger partial charge < -0.3 is 18.6 Å². The summed E-state index contributed by atoms with van der Waals surface area (Å²) in [4.78, 5) is 0. The van der Waals surface area contributed by atoms with E-state index in [-0.39, 0.29) is 41.3 Å². The van der Waals surface area contributed by atoms with E-state index in [1.807, 2.05) is 6.92 Å². The van der Waals surface area contributed by atoms with Gasteiger partial charge in [-0.3, -0.25) is 0 Å². The highest BCUT2D eigenvalue weighted by Crippen LogP contribution is 2.60. The Hall–Kier alpha value is -0.413. The molecule has 3 aliphatic rings. The second-order valence-corrected chi connectivity index (χ2v) is 15.7. The molecular weight excluding hydrogens is 413 g/mol. The molecule has 1 saturated carbocycles. The standard InChI is InChI=1S/C22H37F3O4Si/c1-14(22(23,24)25)9-10-16-20(5,28-16)18-17(26-6)15(11-12-21(18)13-27-21)29-30(7,8)19(2,3)4/h9,15-18H,10-13H2,1-8H3/b14-9-/t15-,16-,17-,18-,20-,21+/m1/s1. The van der Waals surface area contributed by atoms with Gasteiger partial charge in [0.1, 0.15) is 5.60 Å². The molecule has 2 aliphatic heterocycles. The molecule has 6 atom stereocenters. The maximum atomic E-state index is 12.9. The lowest BCUT2D eigenvalue weighted by Gasteiger charge is -2.47. The molecular formula is C22H37F3O4Si. The number of epoxide rings is 2. The number of hydrogen-bond donors (Lipinski definition) is 0. The van der Waals surface area contributed by atoms with Crippen LogP contribution < -0.4 is 0 Å². The lowest BCUT2D eigenvalue weighted by atomic mass is 9.68. The van der Waals surface area contributed by atoms with Crippen molar-refractivity contribution in [3.8, 4) is 0 Å². The summed E-state index contributed by atoms with van der Waals surface area (Å²) >= 11 is 0. The van der Waals surface area contributed by atoms with Crippen LogP contribution in [0.2, 0.25) is 18.1 Å². The van der Waals surface area contributed by atoms with Crippen LogP contribution in [0.5, 0.6) is 0 Å². The normalized spacial score (nSPS) is 40.0. The van der Waals surface area contributed by atoms with Gasteiger partial charge >= 0.3 is 6.18 Å². The summed E-state index contributed by atoms with van der Waals surface area (Å²) in [6.07, 6.45) is -1.65. The Bertz CT molecular complexity index is 681. The van der Waals surface area contributed by atoms with E-state index in [0.717, 1.165) is 19.8 Å². The molecule has 3 rings (SSSR count). The maximum Gasteiger partial charge on any atom is 0.412 e. The second kappa shape index (κ2) is 7.58. The SMILES string of the molecule is CO[C@@H]1[C@H](O[Si](C)(C)C(C)(C)C)CC[C@]2(CO2)[C@H]1[C@]1(C)O[C@@H]1C/C=C(/C)C(F)(F)F. The van der Waals surface area contributed by atoms with Crippen molar-refractivity contribution < 1.29 is 31.8 Å². The van der Waals surface area contributed by atoms with Crippen molar-refractivity contribution in [2.75, 3.05) is 13.7 Å². The molecule has 4 nitrogen and oxygen atoms in total. The maximum absolute atomic E-state index is 12.9. The molecule has 0 bridgehead atoms. The fraction of sp³-hybridized carbons (Fsp3) is 0.909. The van der Waals surface area contributed by atoms with Gasteiger partial charge in [-0.15, -0.1) is 0 Å². The summed E-state index contributed by atoms with van der Waals surface area (Å²) in [5.41, 5.74) is -1.46. The van der Waals surface area contributed by atoms with Crippen molar-refractivity contribution in [1.29, 1.82) is 0 Å². The molecule has 2 heterocycles. The predicted molar refractivity (Wildman–Crippen MR) is 112 cm³/mol. The van der Waals surface area contributed by atoms with Crippen LogP contribution in [-0.2, 0) is 18.6 Å². The van der Waals surface area contributed by atoms with Crippen LogP contribution in [-0.4, -0.2) is 57.7 Å². The van der Waals surface area contributed by atoms with Gasteiger partial charge in [-0.2, -0.15) is 13.2 Å². The largest absolute Gasteiger partial charge is 0.412 e. The average molecular weight is 451 g/mol. The molecule has 0 N–H and O–H groups in total. The van der Waals surface area contributed by atoms with Crippen LogP contribution in [0.4, 0.5) is 13.2 Å². The second-order valence-electron chi connectivity index (χ2n) is 10.9. The summed E-state index contributed by atoms with van der Waals surface area (Å²) in [6.45, 7) is 14.8. The van der Waals surface area contributed by atoms with E-state index in [9.17, 15) is 13.2 Å². The lowest BCUT2D eigenvalue weighted by Crippen LogP contribution is -2.58. The van der Waals surface area contributed by atoms with E-state index >= 15 is 0 Å². The number of ether oxygens (including phenoxy) is 3. The highest BCUT2D eigenvalue weighted by Gasteiger charge is 2.72. The fourth-order valence-corrected chi connectivity index (χ4v) is 6.04. The Labute approximate surface area is 179 Å². The van der Waals surface area contributed by atoms with E-state index < -0.39 is 25.7 Å². The molecule has 0 aromatic carbocycles. The van der Waals surface area contributed by atoms with Gasteiger partial charge in [-0.05, 0) is 51.2 Å². The van der Waals surface area contributed by atoms with E-state index in [0.29, 0.717) is 6.61 Å². The van der Waals surface area contributed by atoms with Crippen molar-refractivity contribution in [1.82, 2.24) is 0 Å². The minimum atomic E-state index is -4.30. The first-order valence-corrected chi connectivity index (χ1v) is 13.7. The van der Waals surface area contributed by atoms with Crippen LogP contribution in [0.3, 0.4) is 0 Å². The highest BCUT2D eigenvalue weighted by molar-refractivity contribution is 6.74. The highest BCUT2D eigenvalue weighted by atomic mass is 28.4. The Morgan fingerprint density at radius 1 is 1.23 bits per heavy atom. The Balaban J connectivity index is 1.79. The molecule has 0 amide bonds. The number of halogens is 3. The molecule has 0 unspecified atom stereocenters. The van der Waals surface area contributed by atoms with Crippen molar-refractivity contribution >= 4 is 8.32 Å². The van der Waals surface area contributed by atoms with Crippen molar-refractivity contribution in [2.24, 2.45) is 5.92 Å². The molecule has 0 aromatic heterocycles. The van der Waals surface area contributed by atoms with Crippen molar-refractivity contribution in [3.05, 3.63) is 11.6 Å². The number of hydrogen-bond acceptors (Lipinski definition) is 4. The zero-order chi connectivity index (χ0) is 22.8. The summed E-state index contributed by atoms with van der Waals surface area (Å²) < 4.78 is 63.3. The fourth-order valence-electron chi connectivity index (χ4n) is 4.68. The average Bonchev–Trinajstić information content (AvgIpc) is 3.50. The molecule has 0 aromatic rings. The van der Waals surface area contributed by atoms with Gasteiger partial charge in [0, 0.05) is 12.7 Å². The smallest absolute Gasteiger partial charge is 0.411 e. The number of rotatable bonds is 6. The van der Waals surface area contributed by atoms with Gasteiger partial charge in [-0.25, -0.2) is 0 Å². The molecule has 3 fully saturated rings.